The molecule has 1 aliphatic heterocycles. The van der Waals surface area contributed by atoms with Crippen LogP contribution in [0.2, 0.25) is 5.02 Å². The van der Waals surface area contributed by atoms with E-state index in [4.69, 9.17) is 16.3 Å². The molecule has 0 spiro atoms. The average molecular weight is 436 g/mol. The van der Waals surface area contributed by atoms with E-state index in [9.17, 15) is 9.59 Å². The van der Waals surface area contributed by atoms with Gasteiger partial charge in [-0.05, 0) is 33.6 Å². The molecule has 0 saturated carbocycles. The molecule has 0 radical (unpaired) electrons. The lowest BCUT2D eigenvalue weighted by Gasteiger charge is -2.31. The maximum Gasteiger partial charge on any atom is 0.326 e. The Hall–Kier alpha value is -2.31. The van der Waals surface area contributed by atoms with E-state index in [-0.39, 0.29) is 24.3 Å². The third-order valence-corrected chi connectivity index (χ3v) is 5.00. The molecule has 7 heteroatoms. The topological polar surface area (TPSA) is 58.6 Å². The molecule has 0 saturated heterocycles. The molecule has 1 heterocycles. The molecule has 0 unspecified atom stereocenters. The fourth-order valence-electron chi connectivity index (χ4n) is 2.75. The van der Waals surface area contributed by atoms with E-state index in [1.165, 1.54) is 24.3 Å². The van der Waals surface area contributed by atoms with E-state index < -0.39 is 0 Å². The number of halogens is 2. The molecule has 1 aliphatic rings. The highest BCUT2D eigenvalue weighted by Crippen LogP contribution is 2.35. The van der Waals surface area contributed by atoms with Gasteiger partial charge in [0.05, 0.1) is 23.9 Å². The van der Waals surface area contributed by atoms with Gasteiger partial charge in [0.2, 0.25) is 0 Å². The van der Waals surface area contributed by atoms with Crippen LogP contribution in [0.4, 0.5) is 10.5 Å². The normalized spacial score (nSPS) is 16.5. The number of ether oxygens (including phenoxy) is 1. The van der Waals surface area contributed by atoms with Gasteiger partial charge in [-0.1, -0.05) is 41.9 Å². The van der Waals surface area contributed by atoms with Gasteiger partial charge >= 0.3 is 6.03 Å². The Labute approximate surface area is 164 Å². The third-order valence-electron chi connectivity index (χ3n) is 4.05. The summed E-state index contributed by atoms with van der Waals surface area (Å²) in [4.78, 5) is 26.2. The number of rotatable bonds is 3. The number of ketones is 1. The quantitative estimate of drug-likeness (QED) is 0.723. The van der Waals surface area contributed by atoms with Gasteiger partial charge in [-0.2, -0.15) is 0 Å². The molecule has 1 N–H and O–H groups in total. The lowest BCUT2D eigenvalue weighted by Crippen LogP contribution is -2.37. The van der Waals surface area contributed by atoms with Crippen molar-refractivity contribution in [2.24, 2.45) is 0 Å². The molecular weight excluding hydrogens is 420 g/mol. The van der Waals surface area contributed by atoms with Crippen LogP contribution in [0.5, 0.6) is 5.75 Å². The van der Waals surface area contributed by atoms with Crippen LogP contribution in [0.15, 0.2) is 59.2 Å². The molecule has 2 aromatic rings. The summed E-state index contributed by atoms with van der Waals surface area (Å²) < 4.78 is 5.83. The van der Waals surface area contributed by atoms with Crippen LogP contribution in [-0.2, 0) is 4.79 Å². The van der Waals surface area contributed by atoms with Gasteiger partial charge in [-0.25, -0.2) is 4.79 Å². The Bertz CT molecular complexity index is 871. The minimum absolute atomic E-state index is 0.0164. The van der Waals surface area contributed by atoms with Crippen LogP contribution >= 0.6 is 27.5 Å². The van der Waals surface area contributed by atoms with Crippen molar-refractivity contribution in [3.8, 4) is 5.75 Å². The number of anilines is 1. The first-order chi connectivity index (χ1) is 12.5. The average Bonchev–Trinajstić information content (AvgIpc) is 2.64. The Morgan fingerprint density at radius 2 is 2.04 bits per heavy atom. The number of nitrogens with zero attached hydrogens (tertiary/aromatic N) is 1. The number of benzene rings is 2. The highest BCUT2D eigenvalue weighted by molar-refractivity contribution is 9.10. The third kappa shape index (κ3) is 3.92. The molecule has 2 amide bonds. The van der Waals surface area contributed by atoms with Crippen molar-refractivity contribution < 1.29 is 14.3 Å². The predicted molar refractivity (Wildman–Crippen MR) is 105 cm³/mol. The van der Waals surface area contributed by atoms with Crippen LogP contribution in [0.3, 0.4) is 0 Å². The van der Waals surface area contributed by atoms with Crippen LogP contribution in [0, 0.1) is 0 Å². The number of methoxy groups -OCH3 is 1. The molecule has 1 atom stereocenters. The minimum Gasteiger partial charge on any atom is -0.495 e. The van der Waals surface area contributed by atoms with E-state index in [0.29, 0.717) is 20.9 Å². The summed E-state index contributed by atoms with van der Waals surface area (Å²) in [7, 11) is 1.51. The van der Waals surface area contributed by atoms with E-state index in [1.807, 2.05) is 30.3 Å². The van der Waals surface area contributed by atoms with Crippen LogP contribution in [0.25, 0.3) is 0 Å². The zero-order valence-corrected chi connectivity index (χ0v) is 16.3. The lowest BCUT2D eigenvalue weighted by molar-refractivity contribution is -0.116. The Morgan fingerprint density at radius 1 is 1.31 bits per heavy atom. The molecule has 26 heavy (non-hydrogen) atoms. The zero-order chi connectivity index (χ0) is 18.7. The van der Waals surface area contributed by atoms with Gasteiger partial charge in [0, 0.05) is 23.2 Å². The van der Waals surface area contributed by atoms with Crippen molar-refractivity contribution in [1.29, 1.82) is 0 Å². The SMILES string of the molecule is COc1cc(NC(=O)N2C=CC(=O)C[C@H]2c2ccccc2)c(Br)cc1Cl. The highest BCUT2D eigenvalue weighted by Gasteiger charge is 2.29. The van der Waals surface area contributed by atoms with Crippen molar-refractivity contribution in [2.75, 3.05) is 12.4 Å². The van der Waals surface area contributed by atoms with Gasteiger partial charge in [-0.3, -0.25) is 9.69 Å². The maximum atomic E-state index is 12.9. The van der Waals surface area contributed by atoms with Gasteiger partial charge in [0.25, 0.3) is 0 Å². The second-order valence-corrected chi connectivity index (χ2v) is 6.98. The number of nitrogens with one attached hydrogen (secondary N) is 1. The fraction of sp³-hybridized carbons (Fsp3) is 0.158. The smallest absolute Gasteiger partial charge is 0.326 e. The largest absolute Gasteiger partial charge is 0.495 e. The van der Waals surface area contributed by atoms with Crippen molar-refractivity contribution in [3.05, 3.63) is 69.8 Å². The molecule has 0 aliphatic carbocycles. The second kappa shape index (κ2) is 7.93. The molecule has 5 nitrogen and oxygen atoms in total. The predicted octanol–water partition coefficient (Wildman–Crippen LogP) is 5.17. The molecular formula is C19H16BrClN2O3. The number of hydrogen-bond donors (Lipinski definition) is 1. The monoisotopic (exact) mass is 434 g/mol. The van der Waals surface area contributed by atoms with Gasteiger partial charge in [-0.15, -0.1) is 0 Å². The zero-order valence-electron chi connectivity index (χ0n) is 13.9. The summed E-state index contributed by atoms with van der Waals surface area (Å²) in [6.45, 7) is 0. The van der Waals surface area contributed by atoms with E-state index in [1.54, 1.807) is 12.1 Å². The second-order valence-electron chi connectivity index (χ2n) is 5.72. The summed E-state index contributed by atoms with van der Waals surface area (Å²) in [6.07, 6.45) is 3.16. The Balaban J connectivity index is 1.88. The molecule has 0 aromatic heterocycles. The first kappa shape index (κ1) is 18.5. The van der Waals surface area contributed by atoms with Crippen LogP contribution in [0.1, 0.15) is 18.0 Å². The standard InChI is InChI=1S/C19H16BrClN2O3/c1-26-18-11-16(14(20)10-15(18)21)22-19(25)23-8-7-13(24)9-17(23)12-5-3-2-4-6-12/h2-8,10-11,17H,9H2,1H3,(H,22,25)/t17-/m0/s1. The number of amides is 2. The van der Waals surface area contributed by atoms with Gasteiger partial charge in [0.1, 0.15) is 5.75 Å². The summed E-state index contributed by atoms with van der Waals surface area (Å²) in [6, 6.07) is 12.0. The van der Waals surface area contributed by atoms with E-state index >= 15 is 0 Å². The molecule has 0 fully saturated rings. The van der Waals surface area contributed by atoms with Crippen molar-refractivity contribution >= 4 is 45.0 Å². The maximum absolute atomic E-state index is 12.9. The summed E-state index contributed by atoms with van der Waals surface area (Å²) in [5.74, 6) is 0.436. The number of urea groups is 1. The summed E-state index contributed by atoms with van der Waals surface area (Å²) in [5, 5.41) is 3.27. The number of allylic oxidation sites excluding steroid dienone is 1. The summed E-state index contributed by atoms with van der Waals surface area (Å²) >= 11 is 9.47. The molecule has 2 aromatic carbocycles. The van der Waals surface area contributed by atoms with E-state index in [0.717, 1.165) is 5.56 Å². The van der Waals surface area contributed by atoms with Crippen molar-refractivity contribution in [3.63, 3.8) is 0 Å². The lowest BCUT2D eigenvalue weighted by atomic mass is 9.98. The minimum atomic E-state index is -0.360. The van der Waals surface area contributed by atoms with E-state index in [2.05, 4.69) is 21.2 Å². The highest BCUT2D eigenvalue weighted by atomic mass is 79.9. The Morgan fingerprint density at radius 3 is 2.73 bits per heavy atom. The van der Waals surface area contributed by atoms with Gasteiger partial charge in [0.15, 0.2) is 5.78 Å². The molecule has 3 rings (SSSR count). The van der Waals surface area contributed by atoms with Gasteiger partial charge < -0.3 is 10.1 Å². The van der Waals surface area contributed by atoms with Crippen LogP contribution < -0.4 is 10.1 Å². The molecule has 0 bridgehead atoms. The Kier molecular flexibility index (Phi) is 5.64. The van der Waals surface area contributed by atoms with Crippen molar-refractivity contribution in [2.45, 2.75) is 12.5 Å². The first-order valence-corrected chi connectivity index (χ1v) is 9.05. The van der Waals surface area contributed by atoms with Crippen molar-refractivity contribution in [1.82, 2.24) is 4.90 Å². The number of carbonyl (C=O) groups is 2. The number of carbonyl (C=O) groups excluding carboxylic acids is 2. The van der Waals surface area contributed by atoms with Crippen LogP contribution in [-0.4, -0.2) is 23.8 Å². The number of hydrogen-bond acceptors (Lipinski definition) is 3. The molecule has 134 valence electrons. The fourth-order valence-corrected chi connectivity index (χ4v) is 3.56. The first-order valence-electron chi connectivity index (χ1n) is 7.88. The summed E-state index contributed by atoms with van der Waals surface area (Å²) in [5.41, 5.74) is 1.42.